The molecule has 1 heterocycles. The van der Waals surface area contributed by atoms with Gasteiger partial charge in [0.2, 0.25) is 5.91 Å². The first kappa shape index (κ1) is 22.5. The molecular weight excluding hydrogens is 387 g/mol. The van der Waals surface area contributed by atoms with E-state index in [0.29, 0.717) is 0 Å². The monoisotopic (exact) mass is 420 g/mol. The maximum atomic E-state index is 13.5. The van der Waals surface area contributed by atoms with Crippen LogP contribution in [0.25, 0.3) is 0 Å². The van der Waals surface area contributed by atoms with Crippen molar-refractivity contribution in [3.8, 4) is 0 Å². The van der Waals surface area contributed by atoms with Gasteiger partial charge in [0.25, 0.3) is 0 Å². The van der Waals surface area contributed by atoms with Crippen molar-refractivity contribution >= 4 is 24.4 Å². The largest absolute Gasteiger partial charge is 0.308 e. The van der Waals surface area contributed by atoms with Crippen molar-refractivity contribution in [3.05, 3.63) is 82.3 Å². The molecule has 1 amide bonds. The minimum Gasteiger partial charge on any atom is -0.308 e. The van der Waals surface area contributed by atoms with Crippen molar-refractivity contribution in [1.82, 2.24) is 4.90 Å². The van der Waals surface area contributed by atoms with Crippen LogP contribution in [0.1, 0.15) is 43.0 Å². The van der Waals surface area contributed by atoms with E-state index in [1.807, 2.05) is 37.8 Å². The highest BCUT2D eigenvalue weighted by Gasteiger charge is 2.37. The fourth-order valence-electron chi connectivity index (χ4n) is 3.93. The molecule has 3 nitrogen and oxygen atoms in total. The van der Waals surface area contributed by atoms with Gasteiger partial charge in [0.05, 0.1) is 5.44 Å². The zero-order valence-electron chi connectivity index (χ0n) is 19.2. The fourth-order valence-corrected chi connectivity index (χ4v) is 6.76. The average molecular weight is 421 g/mol. The summed E-state index contributed by atoms with van der Waals surface area (Å²) in [6.07, 6.45) is 5.50. The Morgan fingerprint density at radius 3 is 1.70 bits per heavy atom. The van der Waals surface area contributed by atoms with Gasteiger partial charge in [-0.2, -0.15) is 0 Å². The van der Waals surface area contributed by atoms with Crippen molar-refractivity contribution in [2.24, 2.45) is 11.1 Å². The lowest BCUT2D eigenvalue weighted by Crippen LogP contribution is -2.49. The molecule has 4 heteroatoms. The average Bonchev–Trinajstić information content (AvgIpc) is 2.59. The summed E-state index contributed by atoms with van der Waals surface area (Å²) in [5.41, 5.74) is 11.9. The molecule has 2 N–H and O–H groups in total. The summed E-state index contributed by atoms with van der Waals surface area (Å²) in [5.74, 6) is 0.0480. The van der Waals surface area contributed by atoms with Crippen molar-refractivity contribution in [2.75, 3.05) is 0 Å². The molecule has 1 unspecified atom stereocenters. The van der Waals surface area contributed by atoms with E-state index in [1.54, 1.807) is 0 Å². The molecule has 1 aliphatic heterocycles. The Labute approximate surface area is 182 Å². The number of aryl methyl sites for hydroxylation is 4. The van der Waals surface area contributed by atoms with Crippen molar-refractivity contribution in [2.45, 2.75) is 54.6 Å². The highest BCUT2D eigenvalue weighted by molar-refractivity contribution is 7.76. The minimum atomic E-state index is -0.944. The van der Waals surface area contributed by atoms with Crippen LogP contribution in [0.4, 0.5) is 0 Å². The van der Waals surface area contributed by atoms with E-state index >= 15 is 0 Å². The van der Waals surface area contributed by atoms with Crippen molar-refractivity contribution < 1.29 is 4.79 Å². The molecule has 2 aromatic carbocycles. The van der Waals surface area contributed by atoms with Gasteiger partial charge >= 0.3 is 0 Å². The van der Waals surface area contributed by atoms with Gasteiger partial charge in [-0.25, -0.2) is 0 Å². The standard InChI is InChI=1S/C26H33N2OP/c1-17-11-18(2)14-21(13-17)30(22-15-19(3)12-20(4)16-22)24-10-8-9-23(27)28(24)25(29)26(5,6)7/h8-16,23H,27H2,1-7H3. The summed E-state index contributed by atoms with van der Waals surface area (Å²) in [4.78, 5) is 15.3. The first-order valence-electron chi connectivity index (χ1n) is 10.4. The summed E-state index contributed by atoms with van der Waals surface area (Å²) in [6, 6.07) is 13.4. The molecule has 30 heavy (non-hydrogen) atoms. The Morgan fingerprint density at radius 2 is 1.30 bits per heavy atom. The van der Waals surface area contributed by atoms with E-state index in [1.165, 1.54) is 32.9 Å². The van der Waals surface area contributed by atoms with Crippen molar-refractivity contribution in [1.29, 1.82) is 0 Å². The number of hydrogen-bond acceptors (Lipinski definition) is 2. The molecule has 0 fully saturated rings. The molecule has 2 aromatic rings. The lowest BCUT2D eigenvalue weighted by atomic mass is 9.94. The summed E-state index contributed by atoms with van der Waals surface area (Å²) < 4.78 is 0. The van der Waals surface area contributed by atoms with Gasteiger partial charge in [-0.05, 0) is 50.5 Å². The van der Waals surface area contributed by atoms with Crippen LogP contribution >= 0.6 is 7.92 Å². The van der Waals surface area contributed by atoms with E-state index in [-0.39, 0.29) is 5.91 Å². The van der Waals surface area contributed by atoms with Crippen LogP contribution in [-0.2, 0) is 4.79 Å². The molecule has 0 aromatic heterocycles. The number of nitrogens with two attached hydrogens (primary N) is 1. The summed E-state index contributed by atoms with van der Waals surface area (Å²) in [7, 11) is -0.944. The van der Waals surface area contributed by atoms with Gasteiger partial charge in [0.1, 0.15) is 6.17 Å². The highest BCUT2D eigenvalue weighted by atomic mass is 31.1. The third kappa shape index (κ3) is 4.74. The minimum absolute atomic E-state index is 0.0480. The molecule has 0 bridgehead atoms. The molecule has 1 aliphatic rings. The number of benzene rings is 2. The molecule has 0 aliphatic carbocycles. The third-order valence-electron chi connectivity index (χ3n) is 5.12. The molecule has 0 saturated heterocycles. The highest BCUT2D eigenvalue weighted by Crippen LogP contribution is 2.47. The van der Waals surface area contributed by atoms with Crippen LogP contribution in [0.15, 0.2) is 60.1 Å². The number of rotatable bonds is 3. The van der Waals surface area contributed by atoms with Crippen LogP contribution in [0.3, 0.4) is 0 Å². The van der Waals surface area contributed by atoms with E-state index in [0.717, 1.165) is 5.44 Å². The third-order valence-corrected chi connectivity index (χ3v) is 7.49. The molecule has 0 saturated carbocycles. The lowest BCUT2D eigenvalue weighted by Gasteiger charge is -2.39. The number of carbonyl (C=O) groups excluding carboxylic acids is 1. The van der Waals surface area contributed by atoms with E-state index in [9.17, 15) is 4.79 Å². The Kier molecular flexibility index (Phi) is 6.36. The number of allylic oxidation sites excluding steroid dienone is 2. The van der Waals surface area contributed by atoms with Crippen LogP contribution in [0, 0.1) is 33.1 Å². The van der Waals surface area contributed by atoms with Crippen molar-refractivity contribution in [3.63, 3.8) is 0 Å². The molecular formula is C26H33N2OP. The van der Waals surface area contributed by atoms with Gasteiger partial charge in [-0.15, -0.1) is 0 Å². The summed E-state index contributed by atoms with van der Waals surface area (Å²) >= 11 is 0. The summed E-state index contributed by atoms with van der Waals surface area (Å²) in [6.45, 7) is 14.4. The quantitative estimate of drug-likeness (QED) is 0.716. The summed E-state index contributed by atoms with van der Waals surface area (Å²) in [5, 5.41) is 2.49. The first-order valence-corrected chi connectivity index (χ1v) is 11.8. The Hall–Kier alpha value is -2.22. The smallest absolute Gasteiger partial charge is 0.233 e. The lowest BCUT2D eigenvalue weighted by molar-refractivity contribution is -0.138. The van der Waals surface area contributed by atoms with E-state index in [4.69, 9.17) is 5.73 Å². The second-order valence-corrected chi connectivity index (χ2v) is 11.5. The van der Waals surface area contributed by atoms with Gasteiger partial charge in [-0.3, -0.25) is 9.69 Å². The van der Waals surface area contributed by atoms with Crippen LogP contribution < -0.4 is 16.3 Å². The molecule has 3 rings (SSSR count). The molecule has 0 radical (unpaired) electrons. The van der Waals surface area contributed by atoms with Gasteiger partial charge in [-0.1, -0.05) is 85.5 Å². The Bertz CT molecular complexity index is 938. The van der Waals surface area contributed by atoms with Crippen LogP contribution in [0.5, 0.6) is 0 Å². The Morgan fingerprint density at radius 1 is 0.867 bits per heavy atom. The van der Waals surface area contributed by atoms with E-state index in [2.05, 4.69) is 70.2 Å². The van der Waals surface area contributed by atoms with E-state index < -0.39 is 19.5 Å². The number of nitrogens with zero attached hydrogens (tertiary/aromatic N) is 1. The second-order valence-electron chi connectivity index (χ2n) is 9.35. The maximum absolute atomic E-state index is 13.5. The first-order chi connectivity index (χ1) is 14.0. The number of carbonyl (C=O) groups is 1. The number of amides is 1. The second kappa shape index (κ2) is 8.49. The molecule has 158 valence electrons. The SMILES string of the molecule is Cc1cc(C)cc(P(C2=CC=CC(N)N2C(=O)C(C)(C)C)c2cc(C)cc(C)c2)c1. The predicted octanol–water partition coefficient (Wildman–Crippen LogP) is 4.92. The topological polar surface area (TPSA) is 46.3 Å². The van der Waals surface area contributed by atoms with Crippen LogP contribution in [0.2, 0.25) is 0 Å². The molecule has 0 spiro atoms. The van der Waals surface area contributed by atoms with Gasteiger partial charge in [0, 0.05) is 13.3 Å². The fraction of sp³-hybridized carbons (Fsp3) is 0.346. The zero-order valence-corrected chi connectivity index (χ0v) is 20.0. The van der Waals surface area contributed by atoms with Crippen LogP contribution in [-0.4, -0.2) is 17.0 Å². The normalized spacial score (nSPS) is 16.8. The maximum Gasteiger partial charge on any atom is 0.233 e. The number of hydrogen-bond donors (Lipinski definition) is 1. The Balaban J connectivity index is 2.26. The van der Waals surface area contributed by atoms with Gasteiger partial charge < -0.3 is 5.73 Å². The molecule has 1 atom stereocenters. The zero-order chi connectivity index (χ0) is 22.2. The van der Waals surface area contributed by atoms with Gasteiger partial charge in [0.15, 0.2) is 0 Å². The predicted molar refractivity (Wildman–Crippen MR) is 130 cm³/mol.